The first-order valence-electron chi connectivity index (χ1n) is 10.6. The second-order valence-corrected chi connectivity index (χ2v) is 9.54. The molecule has 1 aromatic heterocycles. The van der Waals surface area contributed by atoms with Gasteiger partial charge in [-0.15, -0.1) is 0 Å². The van der Waals surface area contributed by atoms with Crippen LogP contribution in [0.3, 0.4) is 0 Å². The number of carbonyl (C=O) groups is 5. The molecule has 0 aromatic carbocycles. The van der Waals surface area contributed by atoms with E-state index in [1.807, 2.05) is 12.5 Å². The van der Waals surface area contributed by atoms with Crippen LogP contribution in [0.4, 0.5) is 0 Å². The zero-order valence-electron chi connectivity index (χ0n) is 19.5. The SMILES string of the molecule is CSCCC(NC(=O)C(Cc1cnc[nH]1)NC(=O)C(CCSC)NC(=O)C(N)CC(=O)O)C(=O)O. The van der Waals surface area contributed by atoms with E-state index in [-0.39, 0.29) is 19.3 Å². The molecule has 0 saturated heterocycles. The van der Waals surface area contributed by atoms with Crippen LogP contribution in [0.1, 0.15) is 25.0 Å². The van der Waals surface area contributed by atoms with E-state index < -0.39 is 60.2 Å². The van der Waals surface area contributed by atoms with Gasteiger partial charge in [0.1, 0.15) is 18.1 Å². The van der Waals surface area contributed by atoms with Crippen LogP contribution in [0, 0.1) is 0 Å². The third-order valence-electron chi connectivity index (χ3n) is 4.81. The number of rotatable bonds is 17. The van der Waals surface area contributed by atoms with E-state index in [4.69, 9.17) is 10.8 Å². The third kappa shape index (κ3) is 11.5. The fourth-order valence-electron chi connectivity index (χ4n) is 2.93. The van der Waals surface area contributed by atoms with E-state index in [0.29, 0.717) is 17.2 Å². The van der Waals surface area contributed by atoms with E-state index in [0.717, 1.165) is 0 Å². The number of nitrogens with zero attached hydrogens (tertiary/aromatic N) is 1. The average molecular weight is 533 g/mol. The van der Waals surface area contributed by atoms with Crippen LogP contribution >= 0.6 is 23.5 Å². The van der Waals surface area contributed by atoms with Gasteiger partial charge in [-0.25, -0.2) is 9.78 Å². The number of thioether (sulfide) groups is 2. The first-order chi connectivity index (χ1) is 16.6. The number of hydrogen-bond acceptors (Lipinski definition) is 9. The summed E-state index contributed by atoms with van der Waals surface area (Å²) in [5.74, 6) is -3.68. The van der Waals surface area contributed by atoms with Gasteiger partial charge in [-0.1, -0.05) is 0 Å². The zero-order valence-corrected chi connectivity index (χ0v) is 21.1. The summed E-state index contributed by atoms with van der Waals surface area (Å²) >= 11 is 2.86. The van der Waals surface area contributed by atoms with Gasteiger partial charge in [0, 0.05) is 18.3 Å². The van der Waals surface area contributed by atoms with Gasteiger partial charge >= 0.3 is 11.9 Å². The minimum Gasteiger partial charge on any atom is -0.481 e. The molecule has 1 heterocycles. The van der Waals surface area contributed by atoms with Gasteiger partial charge in [0.25, 0.3) is 0 Å². The number of carboxylic acids is 2. The molecule has 1 rings (SSSR count). The molecule has 0 fully saturated rings. The highest BCUT2D eigenvalue weighted by molar-refractivity contribution is 7.98. The van der Waals surface area contributed by atoms with Crippen LogP contribution in [0.25, 0.3) is 0 Å². The van der Waals surface area contributed by atoms with Gasteiger partial charge in [-0.3, -0.25) is 19.2 Å². The Morgan fingerprint density at radius 2 is 1.49 bits per heavy atom. The molecule has 0 aliphatic heterocycles. The van der Waals surface area contributed by atoms with Crippen molar-refractivity contribution in [2.75, 3.05) is 24.0 Å². The number of nitrogens with one attached hydrogen (secondary N) is 4. The first kappa shape index (κ1) is 30.3. The molecule has 196 valence electrons. The van der Waals surface area contributed by atoms with Gasteiger partial charge in [0.15, 0.2) is 0 Å². The molecule has 0 bridgehead atoms. The van der Waals surface area contributed by atoms with Crippen LogP contribution in [0.5, 0.6) is 0 Å². The van der Waals surface area contributed by atoms with E-state index >= 15 is 0 Å². The predicted octanol–water partition coefficient (Wildman–Crippen LogP) is -1.20. The van der Waals surface area contributed by atoms with Crippen molar-refractivity contribution in [1.82, 2.24) is 25.9 Å². The van der Waals surface area contributed by atoms with Crippen molar-refractivity contribution in [3.05, 3.63) is 18.2 Å². The molecule has 3 amide bonds. The average Bonchev–Trinajstić information content (AvgIpc) is 3.30. The summed E-state index contributed by atoms with van der Waals surface area (Å²) < 4.78 is 0. The normalized spacial score (nSPS) is 14.3. The highest BCUT2D eigenvalue weighted by Gasteiger charge is 2.30. The molecule has 4 unspecified atom stereocenters. The number of amides is 3. The van der Waals surface area contributed by atoms with Gasteiger partial charge in [0.2, 0.25) is 17.7 Å². The lowest BCUT2D eigenvalue weighted by Crippen LogP contribution is -2.58. The van der Waals surface area contributed by atoms with Crippen molar-refractivity contribution >= 4 is 53.2 Å². The summed E-state index contributed by atoms with van der Waals surface area (Å²) in [5, 5.41) is 25.8. The molecule has 0 aliphatic carbocycles. The maximum Gasteiger partial charge on any atom is 0.326 e. The highest BCUT2D eigenvalue weighted by Crippen LogP contribution is 2.07. The maximum atomic E-state index is 13.0. The van der Waals surface area contributed by atoms with Gasteiger partial charge in [-0.2, -0.15) is 23.5 Å². The largest absolute Gasteiger partial charge is 0.481 e. The summed E-state index contributed by atoms with van der Waals surface area (Å²) in [6, 6.07) is -4.75. The first-order valence-corrected chi connectivity index (χ1v) is 13.4. The molecule has 0 radical (unpaired) electrons. The quantitative estimate of drug-likeness (QED) is 0.126. The Morgan fingerprint density at radius 1 is 0.943 bits per heavy atom. The van der Waals surface area contributed by atoms with Crippen molar-refractivity contribution in [2.45, 2.75) is 49.9 Å². The molecule has 1 aromatic rings. The number of carbonyl (C=O) groups excluding carboxylic acids is 3. The van der Waals surface area contributed by atoms with E-state index in [1.54, 1.807) is 0 Å². The fourth-order valence-corrected chi connectivity index (χ4v) is 3.87. The van der Waals surface area contributed by atoms with Crippen molar-refractivity contribution < 1.29 is 34.2 Å². The lowest BCUT2D eigenvalue weighted by molar-refractivity contribution is -0.142. The van der Waals surface area contributed by atoms with E-state index in [2.05, 4.69) is 25.9 Å². The van der Waals surface area contributed by atoms with Crippen LogP contribution in [-0.2, 0) is 30.4 Å². The number of aliphatic carboxylic acids is 2. The number of hydrogen-bond donors (Lipinski definition) is 7. The Labute approximate surface area is 211 Å². The predicted molar refractivity (Wildman–Crippen MR) is 132 cm³/mol. The van der Waals surface area contributed by atoms with E-state index in [9.17, 15) is 29.1 Å². The molecule has 13 nitrogen and oxygen atoms in total. The third-order valence-corrected chi connectivity index (χ3v) is 6.10. The topological polar surface area (TPSA) is 217 Å². The van der Waals surface area contributed by atoms with Crippen LogP contribution < -0.4 is 21.7 Å². The molecule has 4 atom stereocenters. The maximum absolute atomic E-state index is 13.0. The molecular formula is C20H32N6O7S2. The molecule has 0 aliphatic rings. The van der Waals surface area contributed by atoms with Crippen molar-refractivity contribution in [3.63, 3.8) is 0 Å². The minimum absolute atomic E-state index is 0.00579. The Bertz CT molecular complexity index is 855. The summed E-state index contributed by atoms with van der Waals surface area (Å²) in [5.41, 5.74) is 6.12. The lowest BCUT2D eigenvalue weighted by atomic mass is 10.1. The summed E-state index contributed by atoms with van der Waals surface area (Å²) in [4.78, 5) is 67.4. The number of carboxylic acid groups (broad SMARTS) is 2. The molecule has 35 heavy (non-hydrogen) atoms. The Balaban J connectivity index is 3.02. The smallest absolute Gasteiger partial charge is 0.326 e. The Kier molecular flexibility index (Phi) is 13.8. The Hall–Kier alpha value is -2.78. The van der Waals surface area contributed by atoms with Gasteiger partial charge in [-0.05, 0) is 36.9 Å². The second kappa shape index (κ2) is 16.0. The van der Waals surface area contributed by atoms with E-state index in [1.165, 1.54) is 36.0 Å². The van der Waals surface area contributed by atoms with Crippen LogP contribution in [0.2, 0.25) is 0 Å². The summed E-state index contributed by atoms with van der Waals surface area (Å²) in [6.45, 7) is 0. The van der Waals surface area contributed by atoms with Crippen LogP contribution in [-0.4, -0.2) is 98.0 Å². The monoisotopic (exact) mass is 532 g/mol. The highest BCUT2D eigenvalue weighted by atomic mass is 32.2. The van der Waals surface area contributed by atoms with Crippen molar-refractivity contribution in [3.8, 4) is 0 Å². The molecule has 15 heteroatoms. The fraction of sp³-hybridized carbons (Fsp3) is 0.600. The summed E-state index contributed by atoms with van der Waals surface area (Å²) in [7, 11) is 0. The number of aromatic nitrogens is 2. The molecule has 0 saturated carbocycles. The number of H-pyrrole nitrogens is 1. The second-order valence-electron chi connectivity index (χ2n) is 7.57. The lowest BCUT2D eigenvalue weighted by Gasteiger charge is -2.25. The molecule has 8 N–H and O–H groups in total. The zero-order chi connectivity index (χ0) is 26.4. The number of imidazole rings is 1. The Morgan fingerprint density at radius 3 is 2.00 bits per heavy atom. The number of nitrogens with two attached hydrogens (primary N) is 1. The van der Waals surface area contributed by atoms with Gasteiger partial charge in [0.05, 0.1) is 18.8 Å². The minimum atomic E-state index is -1.35. The van der Waals surface area contributed by atoms with Crippen molar-refractivity contribution in [1.29, 1.82) is 0 Å². The number of aromatic amines is 1. The summed E-state index contributed by atoms with van der Waals surface area (Å²) in [6.07, 6.45) is 6.26. The van der Waals surface area contributed by atoms with Crippen LogP contribution in [0.15, 0.2) is 12.5 Å². The standard InChI is InChI=1S/C20H32N6O7S2/c1-34-5-3-13(24-17(29)12(21)8-16(27)28)18(30)26-15(7-11-9-22-10-23-11)19(31)25-14(20(32)33)4-6-35-2/h9-10,12-15H,3-8,21H2,1-2H3,(H,22,23)(H,24,29)(H,25,31)(H,26,30)(H,27,28)(H,32,33). The van der Waals surface area contributed by atoms with Gasteiger partial charge < -0.3 is 36.9 Å². The van der Waals surface area contributed by atoms with Crippen molar-refractivity contribution in [2.24, 2.45) is 5.73 Å². The molecule has 0 spiro atoms. The molecular weight excluding hydrogens is 500 g/mol.